The first-order valence-corrected chi connectivity index (χ1v) is 13.4. The lowest BCUT2D eigenvalue weighted by atomic mass is 10.5. The molecule has 0 amide bonds. The Morgan fingerprint density at radius 1 is 1.11 bits per heavy atom. The van der Waals surface area contributed by atoms with Crippen molar-refractivity contribution in [2.45, 2.75) is 39.3 Å². The van der Waals surface area contributed by atoms with Gasteiger partial charge in [-0.2, -0.15) is 9.97 Å². The third kappa shape index (κ3) is 3.15. The molecule has 2 aromatic heterocycles. The molecule has 0 saturated carbocycles. The molecule has 2 aromatic rings. The maximum absolute atomic E-state index is 6.02. The van der Waals surface area contributed by atoms with Gasteiger partial charge >= 0.3 is 0 Å². The second-order valence-electron chi connectivity index (χ2n) is 6.47. The molecular formula is C11H19ClN4OSi2. The van der Waals surface area contributed by atoms with Gasteiger partial charge in [0, 0.05) is 0 Å². The highest BCUT2D eigenvalue weighted by Crippen LogP contribution is 2.26. The minimum atomic E-state index is -1.76. The highest BCUT2D eigenvalue weighted by Gasteiger charge is 2.25. The Hall–Kier alpha value is -0.926. The van der Waals surface area contributed by atoms with Crippen molar-refractivity contribution in [3.05, 3.63) is 11.6 Å². The van der Waals surface area contributed by atoms with Gasteiger partial charge in [0.15, 0.2) is 19.4 Å². The maximum atomic E-state index is 6.02. The van der Waals surface area contributed by atoms with Gasteiger partial charge in [-0.25, -0.2) is 4.98 Å². The lowest BCUT2D eigenvalue weighted by molar-refractivity contribution is 0.539. The fourth-order valence-electron chi connectivity index (χ4n) is 1.70. The molecule has 0 unspecified atom stereocenters. The lowest BCUT2D eigenvalue weighted by Gasteiger charge is -2.20. The zero-order valence-electron chi connectivity index (χ0n) is 12.2. The van der Waals surface area contributed by atoms with E-state index in [1.54, 1.807) is 0 Å². The first-order valence-electron chi connectivity index (χ1n) is 6.18. The smallest absolute Gasteiger partial charge is 0.244 e. The van der Waals surface area contributed by atoms with E-state index in [9.17, 15) is 0 Å². The predicted molar refractivity (Wildman–Crippen MR) is 83.1 cm³/mol. The van der Waals surface area contributed by atoms with Crippen molar-refractivity contribution >= 4 is 39.3 Å². The van der Waals surface area contributed by atoms with Gasteiger partial charge in [-0.1, -0.05) is 19.6 Å². The largest absolute Gasteiger partial charge is 0.530 e. The fourth-order valence-corrected chi connectivity index (χ4v) is 3.78. The molecule has 0 aliphatic heterocycles. The standard InChI is InChI=1S/C11H19ClN4OSi2/c1-18(2,3)16-7-13-8-9(16)14-11(12)15-10(8)17-19(4,5)6/h7H,1-6H3. The van der Waals surface area contributed by atoms with Crippen LogP contribution in [0.3, 0.4) is 0 Å². The monoisotopic (exact) mass is 314 g/mol. The molecule has 0 aliphatic carbocycles. The van der Waals surface area contributed by atoms with E-state index in [0.717, 1.165) is 5.65 Å². The van der Waals surface area contributed by atoms with Gasteiger partial charge in [0.25, 0.3) is 0 Å². The van der Waals surface area contributed by atoms with Crippen LogP contribution in [0.4, 0.5) is 0 Å². The number of hydrogen-bond acceptors (Lipinski definition) is 4. The minimum Gasteiger partial charge on any atom is -0.530 e. The Kier molecular flexibility index (Phi) is 3.48. The summed E-state index contributed by atoms with van der Waals surface area (Å²) in [6, 6.07) is 0. The van der Waals surface area contributed by atoms with Gasteiger partial charge in [-0.15, -0.1) is 0 Å². The maximum Gasteiger partial charge on any atom is 0.244 e. The molecule has 0 radical (unpaired) electrons. The number of halogens is 1. The second kappa shape index (κ2) is 4.57. The SMILES string of the molecule is C[Si](C)(C)Oc1nc(Cl)nc2c1ncn2[Si](C)(C)C. The predicted octanol–water partition coefficient (Wildman–Crippen LogP) is 3.38. The number of aromatic nitrogens is 4. The van der Waals surface area contributed by atoms with E-state index in [1.165, 1.54) is 0 Å². The Bertz CT molecular complexity index is 615. The molecular weight excluding hydrogens is 296 g/mol. The van der Waals surface area contributed by atoms with Gasteiger partial charge in [0.1, 0.15) is 0 Å². The third-order valence-corrected chi connectivity index (χ3v) is 5.21. The van der Waals surface area contributed by atoms with Crippen LogP contribution in [-0.4, -0.2) is 35.7 Å². The number of fused-ring (bicyclic) bond motifs is 1. The number of hydrogen-bond donors (Lipinski definition) is 0. The molecule has 8 heteroatoms. The normalized spacial score (nSPS) is 13.0. The summed E-state index contributed by atoms with van der Waals surface area (Å²) in [6.45, 7) is 13.0. The van der Waals surface area contributed by atoms with E-state index < -0.39 is 16.6 Å². The molecule has 0 aromatic carbocycles. The lowest BCUT2D eigenvalue weighted by Crippen LogP contribution is -2.32. The molecule has 0 atom stereocenters. The van der Waals surface area contributed by atoms with E-state index >= 15 is 0 Å². The zero-order chi connectivity index (χ0) is 14.4. The van der Waals surface area contributed by atoms with Crippen molar-refractivity contribution in [1.82, 2.24) is 19.2 Å². The van der Waals surface area contributed by atoms with Crippen LogP contribution >= 0.6 is 11.6 Å². The Morgan fingerprint density at radius 3 is 2.26 bits per heavy atom. The summed E-state index contributed by atoms with van der Waals surface area (Å²) in [7, 11) is -3.35. The molecule has 0 aliphatic rings. The van der Waals surface area contributed by atoms with Crippen molar-refractivity contribution in [2.75, 3.05) is 0 Å². The summed E-state index contributed by atoms with van der Waals surface area (Å²) >= 11 is 6.02. The summed E-state index contributed by atoms with van der Waals surface area (Å²) in [5.41, 5.74) is 1.47. The van der Waals surface area contributed by atoms with Crippen LogP contribution in [0.5, 0.6) is 5.88 Å². The summed E-state index contributed by atoms with van der Waals surface area (Å²) < 4.78 is 8.08. The number of rotatable bonds is 3. The Balaban J connectivity index is 2.65. The Labute approximate surface area is 120 Å². The van der Waals surface area contributed by atoms with Gasteiger partial charge in [0.05, 0.1) is 6.33 Å². The van der Waals surface area contributed by atoms with Crippen molar-refractivity contribution in [1.29, 1.82) is 0 Å². The fraction of sp³-hybridized carbons (Fsp3) is 0.545. The van der Waals surface area contributed by atoms with E-state index in [2.05, 4.69) is 58.5 Å². The summed E-state index contributed by atoms with van der Waals surface area (Å²) in [4.78, 5) is 12.9. The number of imidazole rings is 1. The quantitative estimate of drug-likeness (QED) is 0.644. The van der Waals surface area contributed by atoms with Crippen molar-refractivity contribution in [3.8, 4) is 5.88 Å². The summed E-state index contributed by atoms with van der Waals surface area (Å²) in [5.74, 6) is 0.506. The van der Waals surface area contributed by atoms with Crippen molar-refractivity contribution in [2.24, 2.45) is 0 Å². The summed E-state index contributed by atoms with van der Waals surface area (Å²) in [6.07, 6.45) is 1.82. The van der Waals surface area contributed by atoms with Crippen LogP contribution in [0.15, 0.2) is 6.33 Å². The molecule has 0 bridgehead atoms. The molecule has 0 N–H and O–H groups in total. The van der Waals surface area contributed by atoms with E-state index in [0.29, 0.717) is 11.4 Å². The second-order valence-corrected chi connectivity index (χ2v) is 16.1. The van der Waals surface area contributed by atoms with E-state index in [4.69, 9.17) is 16.0 Å². The highest BCUT2D eigenvalue weighted by atomic mass is 35.5. The van der Waals surface area contributed by atoms with Crippen molar-refractivity contribution < 1.29 is 4.43 Å². The highest BCUT2D eigenvalue weighted by molar-refractivity contribution is 6.75. The topological polar surface area (TPSA) is 52.8 Å². The zero-order valence-corrected chi connectivity index (χ0v) is 14.9. The molecule has 0 fully saturated rings. The molecule has 19 heavy (non-hydrogen) atoms. The van der Waals surface area contributed by atoms with Crippen LogP contribution in [0.2, 0.25) is 44.6 Å². The van der Waals surface area contributed by atoms with Crippen molar-refractivity contribution in [3.63, 3.8) is 0 Å². The van der Waals surface area contributed by atoms with Gasteiger partial charge in [0.2, 0.25) is 19.5 Å². The first-order chi connectivity index (χ1) is 8.58. The van der Waals surface area contributed by atoms with Gasteiger partial charge in [-0.3, -0.25) is 0 Å². The third-order valence-electron chi connectivity index (χ3n) is 2.46. The number of nitrogens with zero attached hydrogens (tertiary/aromatic N) is 4. The molecule has 104 valence electrons. The minimum absolute atomic E-state index is 0.209. The molecule has 0 saturated heterocycles. The molecule has 2 heterocycles. The van der Waals surface area contributed by atoms with Crippen LogP contribution < -0.4 is 4.43 Å². The molecule has 5 nitrogen and oxygen atoms in total. The average Bonchev–Trinajstić information content (AvgIpc) is 2.57. The first kappa shape index (κ1) is 14.5. The molecule has 2 rings (SSSR count). The van der Waals surface area contributed by atoms with Crippen LogP contribution in [0, 0.1) is 0 Å². The van der Waals surface area contributed by atoms with Gasteiger partial charge in [-0.05, 0) is 31.2 Å². The van der Waals surface area contributed by atoms with Crippen LogP contribution in [0.25, 0.3) is 11.2 Å². The summed E-state index contributed by atoms with van der Waals surface area (Å²) in [5, 5.41) is 0.209. The Morgan fingerprint density at radius 2 is 1.74 bits per heavy atom. The van der Waals surface area contributed by atoms with Crippen LogP contribution in [0.1, 0.15) is 0 Å². The van der Waals surface area contributed by atoms with E-state index in [-0.39, 0.29) is 5.28 Å². The van der Waals surface area contributed by atoms with E-state index in [1.807, 2.05) is 6.33 Å². The van der Waals surface area contributed by atoms with Gasteiger partial charge < -0.3 is 8.66 Å². The average molecular weight is 315 g/mol. The molecule has 0 spiro atoms. The van der Waals surface area contributed by atoms with Crippen LogP contribution in [-0.2, 0) is 0 Å².